The Labute approximate surface area is 199 Å². The summed E-state index contributed by atoms with van der Waals surface area (Å²) in [4.78, 5) is 42.2. The van der Waals surface area contributed by atoms with Gasteiger partial charge in [-0.2, -0.15) is 0 Å². The van der Waals surface area contributed by atoms with Gasteiger partial charge in [-0.15, -0.1) is 0 Å². The second kappa shape index (κ2) is 9.40. The fourth-order valence-electron chi connectivity index (χ4n) is 4.52. The number of rotatable bonds is 5. The number of likely N-dealkylation sites (tertiary alicyclic amines) is 1. The lowest BCUT2D eigenvalue weighted by molar-refractivity contribution is -0.120. The summed E-state index contributed by atoms with van der Waals surface area (Å²) in [5.41, 5.74) is 3.33. The molecule has 1 atom stereocenters. The molecule has 7 heteroatoms. The second-order valence-electron chi connectivity index (χ2n) is 8.69. The summed E-state index contributed by atoms with van der Waals surface area (Å²) in [6.07, 6.45) is 4.10. The van der Waals surface area contributed by atoms with Crippen molar-refractivity contribution in [1.29, 1.82) is 0 Å². The summed E-state index contributed by atoms with van der Waals surface area (Å²) in [7, 11) is 0. The minimum Gasteiger partial charge on any atom is -0.350 e. The van der Waals surface area contributed by atoms with E-state index in [1.165, 1.54) is 0 Å². The Morgan fingerprint density at radius 3 is 2.64 bits per heavy atom. The maximum atomic E-state index is 13.2. The molecule has 6 nitrogen and oxygen atoms in total. The molecule has 4 rings (SSSR count). The number of halogens is 1. The van der Waals surface area contributed by atoms with Crippen LogP contribution in [0.2, 0.25) is 0 Å². The number of hydrogen-bond donors (Lipinski definition) is 1. The zero-order chi connectivity index (χ0) is 23.7. The van der Waals surface area contributed by atoms with Gasteiger partial charge in [0, 0.05) is 23.8 Å². The molecule has 2 aromatic rings. The number of anilines is 2. The van der Waals surface area contributed by atoms with Crippen LogP contribution in [0, 0.1) is 13.8 Å². The van der Waals surface area contributed by atoms with E-state index in [1.54, 1.807) is 30.3 Å². The van der Waals surface area contributed by atoms with E-state index in [0.29, 0.717) is 16.9 Å². The van der Waals surface area contributed by atoms with Crippen molar-refractivity contribution in [3.8, 4) is 0 Å². The maximum Gasteiger partial charge on any atom is 0.283 e. The Morgan fingerprint density at radius 1 is 1.09 bits per heavy atom. The fraction of sp³-hybridized carbons (Fsp3) is 0.346. The highest BCUT2D eigenvalue weighted by atomic mass is 35.5. The van der Waals surface area contributed by atoms with Crippen LogP contribution in [0.5, 0.6) is 0 Å². The van der Waals surface area contributed by atoms with Crippen LogP contribution in [-0.4, -0.2) is 35.2 Å². The van der Waals surface area contributed by atoms with E-state index >= 15 is 0 Å². The molecule has 0 bridgehead atoms. The zero-order valence-corrected chi connectivity index (χ0v) is 19.9. The first kappa shape index (κ1) is 23.1. The van der Waals surface area contributed by atoms with Gasteiger partial charge in [0.2, 0.25) is 0 Å². The minimum absolute atomic E-state index is 0.0107. The quantitative estimate of drug-likeness (QED) is 0.620. The van der Waals surface area contributed by atoms with Crippen molar-refractivity contribution in [2.24, 2.45) is 0 Å². The van der Waals surface area contributed by atoms with E-state index in [1.807, 2.05) is 30.9 Å². The van der Waals surface area contributed by atoms with Gasteiger partial charge in [0.1, 0.15) is 10.7 Å². The van der Waals surface area contributed by atoms with Crippen molar-refractivity contribution < 1.29 is 14.4 Å². The van der Waals surface area contributed by atoms with Crippen molar-refractivity contribution in [3.05, 3.63) is 69.9 Å². The molecule has 1 saturated heterocycles. The van der Waals surface area contributed by atoms with Crippen molar-refractivity contribution in [2.45, 2.75) is 52.5 Å². The Balaban J connectivity index is 1.58. The summed E-state index contributed by atoms with van der Waals surface area (Å²) >= 11 is 6.30. The van der Waals surface area contributed by atoms with E-state index in [4.69, 9.17) is 11.6 Å². The van der Waals surface area contributed by atoms with Crippen LogP contribution in [0.4, 0.5) is 11.4 Å². The standard InChI is InChI=1S/C26H28ClN3O3/c1-4-20-10-5-6-13-29(20)24(31)18-8-7-9-19(15-18)28-23-22(27)25(32)30(26(23)33)21-14-16(2)11-12-17(21)3/h7-9,11-12,14-15,20,28H,4-6,10,13H2,1-3H3. The first-order chi connectivity index (χ1) is 15.8. The third-order valence-corrected chi connectivity index (χ3v) is 6.72. The predicted octanol–water partition coefficient (Wildman–Crippen LogP) is 5.14. The molecule has 3 amide bonds. The molecule has 0 aliphatic carbocycles. The van der Waals surface area contributed by atoms with E-state index < -0.39 is 11.8 Å². The van der Waals surface area contributed by atoms with Crippen molar-refractivity contribution in [1.82, 2.24) is 4.90 Å². The molecule has 2 aliphatic rings. The number of nitrogens with zero attached hydrogens (tertiary/aromatic N) is 2. The minimum atomic E-state index is -0.566. The summed E-state index contributed by atoms with van der Waals surface area (Å²) < 4.78 is 0. The highest BCUT2D eigenvalue weighted by Crippen LogP contribution is 2.33. The second-order valence-corrected chi connectivity index (χ2v) is 9.06. The Kier molecular flexibility index (Phi) is 6.56. The normalized spacial score (nSPS) is 18.8. The van der Waals surface area contributed by atoms with Crippen LogP contribution >= 0.6 is 11.6 Å². The van der Waals surface area contributed by atoms with Crippen LogP contribution in [0.3, 0.4) is 0 Å². The number of aryl methyl sites for hydroxylation is 2. The predicted molar refractivity (Wildman–Crippen MR) is 130 cm³/mol. The zero-order valence-electron chi connectivity index (χ0n) is 19.2. The molecule has 2 heterocycles. The van der Waals surface area contributed by atoms with E-state index in [-0.39, 0.29) is 22.7 Å². The monoisotopic (exact) mass is 465 g/mol. The fourth-order valence-corrected chi connectivity index (χ4v) is 4.74. The largest absolute Gasteiger partial charge is 0.350 e. The molecule has 0 aromatic heterocycles. The molecule has 2 aromatic carbocycles. The van der Waals surface area contributed by atoms with Crippen LogP contribution in [0.15, 0.2) is 53.2 Å². The Hall–Kier alpha value is -3.12. The van der Waals surface area contributed by atoms with Gasteiger partial charge >= 0.3 is 0 Å². The van der Waals surface area contributed by atoms with Gasteiger partial charge in [-0.05, 0) is 74.9 Å². The summed E-state index contributed by atoms with van der Waals surface area (Å²) in [5.74, 6) is -1.10. The molecule has 0 spiro atoms. The van der Waals surface area contributed by atoms with Crippen molar-refractivity contribution in [2.75, 3.05) is 16.8 Å². The lowest BCUT2D eigenvalue weighted by Crippen LogP contribution is -2.43. The van der Waals surface area contributed by atoms with Gasteiger partial charge in [0.05, 0.1) is 5.69 Å². The first-order valence-electron chi connectivity index (χ1n) is 11.4. The SMILES string of the molecule is CCC1CCCCN1C(=O)c1cccc(NC2=C(Cl)C(=O)N(c3cc(C)ccc3C)C2=O)c1. The van der Waals surface area contributed by atoms with Gasteiger partial charge in [0.25, 0.3) is 17.7 Å². The molecule has 0 saturated carbocycles. The lowest BCUT2D eigenvalue weighted by atomic mass is 9.99. The summed E-state index contributed by atoms with van der Waals surface area (Å²) in [6.45, 7) is 6.60. The van der Waals surface area contributed by atoms with Gasteiger partial charge in [-0.3, -0.25) is 14.4 Å². The van der Waals surface area contributed by atoms with Crippen LogP contribution in [0.1, 0.15) is 54.1 Å². The van der Waals surface area contributed by atoms with Crippen molar-refractivity contribution >= 4 is 40.7 Å². The molecule has 1 N–H and O–H groups in total. The third kappa shape index (κ3) is 4.40. The van der Waals surface area contributed by atoms with Gasteiger partial charge < -0.3 is 10.2 Å². The van der Waals surface area contributed by atoms with Crippen molar-refractivity contribution in [3.63, 3.8) is 0 Å². The van der Waals surface area contributed by atoms with E-state index in [9.17, 15) is 14.4 Å². The number of carbonyl (C=O) groups is 3. The first-order valence-corrected chi connectivity index (χ1v) is 11.7. The highest BCUT2D eigenvalue weighted by molar-refractivity contribution is 6.53. The third-order valence-electron chi connectivity index (χ3n) is 6.37. The Bertz CT molecular complexity index is 1160. The average Bonchev–Trinajstić information content (AvgIpc) is 3.03. The number of imide groups is 1. The van der Waals surface area contributed by atoms with Gasteiger partial charge in [-0.1, -0.05) is 36.7 Å². The Morgan fingerprint density at radius 2 is 1.88 bits per heavy atom. The molecule has 0 radical (unpaired) electrons. The summed E-state index contributed by atoms with van der Waals surface area (Å²) in [6, 6.07) is 12.8. The molecular formula is C26H28ClN3O3. The van der Waals surface area contributed by atoms with Crippen LogP contribution < -0.4 is 10.2 Å². The number of nitrogens with one attached hydrogen (secondary N) is 1. The average molecular weight is 466 g/mol. The molecule has 172 valence electrons. The highest BCUT2D eigenvalue weighted by Gasteiger charge is 2.39. The lowest BCUT2D eigenvalue weighted by Gasteiger charge is -2.35. The van der Waals surface area contributed by atoms with Gasteiger partial charge in [0.15, 0.2) is 0 Å². The van der Waals surface area contributed by atoms with Gasteiger partial charge in [-0.25, -0.2) is 4.90 Å². The molecule has 1 fully saturated rings. The number of piperidine rings is 1. The summed E-state index contributed by atoms with van der Waals surface area (Å²) in [5, 5.41) is 2.83. The van der Waals surface area contributed by atoms with E-state index in [2.05, 4.69) is 12.2 Å². The van der Waals surface area contributed by atoms with Crippen LogP contribution in [0.25, 0.3) is 0 Å². The number of amides is 3. The molecule has 2 aliphatic heterocycles. The topological polar surface area (TPSA) is 69.7 Å². The smallest absolute Gasteiger partial charge is 0.283 e. The number of hydrogen-bond acceptors (Lipinski definition) is 4. The molecule has 33 heavy (non-hydrogen) atoms. The molecular weight excluding hydrogens is 438 g/mol. The van der Waals surface area contributed by atoms with E-state index in [0.717, 1.165) is 48.3 Å². The number of benzene rings is 2. The maximum absolute atomic E-state index is 13.2. The number of carbonyl (C=O) groups excluding carboxylic acids is 3. The van der Waals surface area contributed by atoms with Crippen LogP contribution in [-0.2, 0) is 9.59 Å². The molecule has 1 unspecified atom stereocenters.